The molecule has 1 atom stereocenters. The van der Waals surface area contributed by atoms with E-state index in [0.29, 0.717) is 13.0 Å². The third kappa shape index (κ3) is 2.11. The van der Waals surface area contributed by atoms with Crippen molar-refractivity contribution in [3.8, 4) is 0 Å². The van der Waals surface area contributed by atoms with E-state index >= 15 is 0 Å². The Morgan fingerprint density at radius 2 is 2.28 bits per heavy atom. The number of nitrogens with two attached hydrogens (primary N) is 1. The van der Waals surface area contributed by atoms with Crippen LogP contribution < -0.4 is 5.73 Å². The Morgan fingerprint density at radius 1 is 1.56 bits per heavy atom. The number of hydrogen-bond acceptors (Lipinski definition) is 5. The van der Waals surface area contributed by atoms with Gasteiger partial charge in [-0.3, -0.25) is 0 Å². The van der Waals surface area contributed by atoms with E-state index in [-0.39, 0.29) is 23.5 Å². The molecule has 3 N–H and O–H groups in total. The number of aryl methyl sites for hydroxylation is 1. The van der Waals surface area contributed by atoms with Crippen molar-refractivity contribution in [3.63, 3.8) is 0 Å². The first-order valence-corrected chi connectivity index (χ1v) is 7.32. The zero-order chi connectivity index (χ0) is 13.3. The topological polar surface area (TPSA) is 101 Å². The van der Waals surface area contributed by atoms with Crippen LogP contribution in [0.2, 0.25) is 0 Å². The molecule has 1 aliphatic rings. The smallest absolute Gasteiger partial charge is 0.262 e. The molecular weight excluding hydrogens is 256 g/mol. The second kappa shape index (κ2) is 4.87. The fraction of sp³-hybridized carbons (Fsp3) is 0.700. The fourth-order valence-corrected chi connectivity index (χ4v) is 4.22. The van der Waals surface area contributed by atoms with Crippen molar-refractivity contribution in [3.05, 3.63) is 6.33 Å². The molecule has 0 bridgehead atoms. The molecule has 0 saturated carbocycles. The van der Waals surface area contributed by atoms with Crippen molar-refractivity contribution in [2.24, 2.45) is 7.05 Å². The summed E-state index contributed by atoms with van der Waals surface area (Å²) in [4.78, 5) is 3.80. The first kappa shape index (κ1) is 13.3. The molecule has 1 aromatic heterocycles. The van der Waals surface area contributed by atoms with Crippen LogP contribution in [0.4, 0.5) is 5.82 Å². The number of aliphatic hydroxyl groups is 1. The maximum Gasteiger partial charge on any atom is 0.262 e. The summed E-state index contributed by atoms with van der Waals surface area (Å²) in [5.41, 5.74) is 5.62. The second-order valence-electron chi connectivity index (χ2n) is 4.49. The number of sulfonamides is 1. The predicted octanol–water partition coefficient (Wildman–Crippen LogP) is -0.462. The lowest BCUT2D eigenvalue weighted by atomic mass is 10.1. The third-order valence-corrected chi connectivity index (χ3v) is 5.33. The summed E-state index contributed by atoms with van der Waals surface area (Å²) in [6, 6.07) is -0.363. The van der Waals surface area contributed by atoms with E-state index in [9.17, 15) is 13.5 Å². The second-order valence-corrected chi connectivity index (χ2v) is 6.30. The molecule has 1 aliphatic heterocycles. The highest BCUT2D eigenvalue weighted by Gasteiger charge is 2.36. The van der Waals surface area contributed by atoms with E-state index in [1.807, 2.05) is 0 Å². The minimum Gasteiger partial charge on any atom is -0.395 e. The molecule has 0 amide bonds. The molecule has 2 heterocycles. The highest BCUT2D eigenvalue weighted by molar-refractivity contribution is 7.89. The number of anilines is 1. The molecule has 102 valence electrons. The lowest BCUT2D eigenvalue weighted by Gasteiger charge is -2.33. The number of aliphatic hydroxyl groups excluding tert-OH is 1. The Morgan fingerprint density at radius 3 is 2.83 bits per heavy atom. The lowest BCUT2D eigenvalue weighted by Crippen LogP contribution is -2.46. The van der Waals surface area contributed by atoms with E-state index in [1.54, 1.807) is 7.05 Å². The van der Waals surface area contributed by atoms with Gasteiger partial charge in [0.2, 0.25) is 0 Å². The molecule has 1 saturated heterocycles. The van der Waals surface area contributed by atoms with Crippen molar-refractivity contribution >= 4 is 15.8 Å². The van der Waals surface area contributed by atoms with Crippen LogP contribution in [0.5, 0.6) is 0 Å². The molecule has 1 aromatic rings. The summed E-state index contributed by atoms with van der Waals surface area (Å²) < 4.78 is 27.8. The van der Waals surface area contributed by atoms with Gasteiger partial charge in [-0.1, -0.05) is 6.42 Å². The average Bonchev–Trinajstić information content (AvgIpc) is 2.69. The minimum absolute atomic E-state index is 0.000219. The van der Waals surface area contributed by atoms with Crippen LogP contribution in [0.25, 0.3) is 0 Å². The molecule has 0 aliphatic carbocycles. The zero-order valence-electron chi connectivity index (χ0n) is 10.3. The minimum atomic E-state index is -3.69. The van der Waals surface area contributed by atoms with Gasteiger partial charge in [0, 0.05) is 19.6 Å². The van der Waals surface area contributed by atoms with Crippen molar-refractivity contribution in [1.82, 2.24) is 13.9 Å². The first-order valence-electron chi connectivity index (χ1n) is 5.88. The lowest BCUT2D eigenvalue weighted by molar-refractivity contribution is 0.154. The predicted molar refractivity (Wildman–Crippen MR) is 66.2 cm³/mol. The zero-order valence-corrected chi connectivity index (χ0v) is 11.1. The van der Waals surface area contributed by atoms with E-state index in [4.69, 9.17) is 5.73 Å². The van der Waals surface area contributed by atoms with Gasteiger partial charge >= 0.3 is 0 Å². The molecule has 2 rings (SSSR count). The summed E-state index contributed by atoms with van der Waals surface area (Å²) in [6.45, 7) is 0.245. The summed E-state index contributed by atoms with van der Waals surface area (Å²) in [7, 11) is -2.10. The van der Waals surface area contributed by atoms with Gasteiger partial charge in [-0.15, -0.1) is 0 Å². The number of aromatic nitrogens is 2. The van der Waals surface area contributed by atoms with Gasteiger partial charge < -0.3 is 15.4 Å². The van der Waals surface area contributed by atoms with Gasteiger partial charge in [0.25, 0.3) is 10.0 Å². The van der Waals surface area contributed by atoms with E-state index in [0.717, 1.165) is 12.8 Å². The molecular formula is C10H18N4O3S. The molecule has 0 spiro atoms. The highest BCUT2D eigenvalue weighted by Crippen LogP contribution is 2.27. The first-order chi connectivity index (χ1) is 8.48. The van der Waals surface area contributed by atoms with Gasteiger partial charge in [0.1, 0.15) is 0 Å². The van der Waals surface area contributed by atoms with Crippen molar-refractivity contribution in [2.45, 2.75) is 30.3 Å². The highest BCUT2D eigenvalue weighted by atomic mass is 32.2. The standard InChI is InChI=1S/C10H18N4O3S/c1-13-7-12-9(11)10(13)18(16,17)14-5-3-2-4-8(14)6-15/h7-8,15H,2-6,11H2,1H3. The van der Waals surface area contributed by atoms with Crippen molar-refractivity contribution < 1.29 is 13.5 Å². The Kier molecular flexibility index (Phi) is 3.60. The van der Waals surface area contributed by atoms with Crippen molar-refractivity contribution in [2.75, 3.05) is 18.9 Å². The summed E-state index contributed by atoms with van der Waals surface area (Å²) in [5.74, 6) is -0.000219. The van der Waals surface area contributed by atoms with Gasteiger partial charge in [0.15, 0.2) is 10.8 Å². The largest absolute Gasteiger partial charge is 0.395 e. The maximum absolute atomic E-state index is 12.5. The molecule has 18 heavy (non-hydrogen) atoms. The molecule has 0 radical (unpaired) electrons. The van der Waals surface area contributed by atoms with Crippen molar-refractivity contribution in [1.29, 1.82) is 0 Å². The molecule has 1 unspecified atom stereocenters. The maximum atomic E-state index is 12.5. The molecule has 0 aromatic carbocycles. The monoisotopic (exact) mass is 274 g/mol. The van der Waals surface area contributed by atoms with E-state index < -0.39 is 10.0 Å². The van der Waals surface area contributed by atoms with Crippen LogP contribution in [0, 0.1) is 0 Å². The normalized spacial score (nSPS) is 22.2. The summed E-state index contributed by atoms with van der Waals surface area (Å²) in [5, 5.41) is 9.30. The molecule has 8 heteroatoms. The molecule has 7 nitrogen and oxygen atoms in total. The van der Waals surface area contributed by atoms with Crippen LogP contribution in [-0.4, -0.2) is 46.6 Å². The number of piperidine rings is 1. The Bertz CT molecular complexity index is 506. The van der Waals surface area contributed by atoms with Gasteiger partial charge in [-0.25, -0.2) is 13.4 Å². The van der Waals surface area contributed by atoms with Gasteiger partial charge in [-0.05, 0) is 12.8 Å². The van der Waals surface area contributed by atoms with Crippen LogP contribution in [0.3, 0.4) is 0 Å². The quantitative estimate of drug-likeness (QED) is 0.776. The van der Waals surface area contributed by atoms with E-state index in [2.05, 4.69) is 4.98 Å². The fourth-order valence-electron chi connectivity index (χ4n) is 2.34. The average molecular weight is 274 g/mol. The van der Waals surface area contributed by atoms with Crippen LogP contribution in [-0.2, 0) is 17.1 Å². The number of nitrogens with zero attached hydrogens (tertiary/aromatic N) is 3. The number of rotatable bonds is 3. The third-order valence-electron chi connectivity index (χ3n) is 3.25. The SMILES string of the molecule is Cn1cnc(N)c1S(=O)(=O)N1CCCCC1CO. The Hall–Kier alpha value is -1.12. The summed E-state index contributed by atoms with van der Waals surface area (Å²) >= 11 is 0. The number of nitrogen functional groups attached to an aromatic ring is 1. The van der Waals surface area contributed by atoms with Crippen LogP contribution in [0.15, 0.2) is 11.4 Å². The number of imidazole rings is 1. The van der Waals surface area contributed by atoms with E-state index in [1.165, 1.54) is 15.2 Å². The van der Waals surface area contributed by atoms with Gasteiger partial charge in [0.05, 0.1) is 12.9 Å². The molecule has 1 fully saturated rings. The van der Waals surface area contributed by atoms with Gasteiger partial charge in [-0.2, -0.15) is 4.31 Å². The van der Waals surface area contributed by atoms with Crippen LogP contribution >= 0.6 is 0 Å². The van der Waals surface area contributed by atoms with Crippen LogP contribution in [0.1, 0.15) is 19.3 Å². The summed E-state index contributed by atoms with van der Waals surface area (Å²) in [6.07, 6.45) is 3.78. The Balaban J connectivity index is 2.41. The number of hydrogen-bond donors (Lipinski definition) is 2. The Labute approximate surface area is 106 Å².